The molecule has 0 saturated carbocycles. The molecule has 2 aliphatic heterocycles. The Labute approximate surface area is 159 Å². The van der Waals surface area contributed by atoms with Crippen molar-refractivity contribution in [2.75, 3.05) is 31.2 Å². The van der Waals surface area contributed by atoms with E-state index in [4.69, 9.17) is 9.84 Å². The standard InChI is InChI=1S/C18H25N3O5S/c1-2-16(23)21-7-8-26-18(13-21)4-9-27(25,10-5-18)20-17(24)14-3-6-19-15(11-14)12-22/h3,6,11,22H,2,4-5,7-10,12-13H2,1H3. The van der Waals surface area contributed by atoms with Crippen molar-refractivity contribution in [2.24, 2.45) is 4.36 Å². The van der Waals surface area contributed by atoms with Gasteiger partial charge in [0.25, 0.3) is 5.91 Å². The average Bonchev–Trinajstić information content (AvgIpc) is 2.70. The van der Waals surface area contributed by atoms with Crippen LogP contribution in [0.4, 0.5) is 0 Å². The molecule has 2 aliphatic rings. The van der Waals surface area contributed by atoms with Gasteiger partial charge >= 0.3 is 0 Å². The van der Waals surface area contributed by atoms with E-state index in [1.807, 2.05) is 11.8 Å². The zero-order chi connectivity index (χ0) is 19.5. The van der Waals surface area contributed by atoms with Crippen LogP contribution in [0.5, 0.6) is 0 Å². The molecular weight excluding hydrogens is 370 g/mol. The Morgan fingerprint density at radius 1 is 1.41 bits per heavy atom. The third-order valence-corrected chi connectivity index (χ3v) is 7.31. The van der Waals surface area contributed by atoms with Gasteiger partial charge in [-0.2, -0.15) is 4.36 Å². The van der Waals surface area contributed by atoms with Crippen molar-refractivity contribution >= 4 is 21.5 Å². The van der Waals surface area contributed by atoms with Gasteiger partial charge in [-0.15, -0.1) is 0 Å². The predicted molar refractivity (Wildman–Crippen MR) is 99.6 cm³/mol. The zero-order valence-electron chi connectivity index (χ0n) is 15.4. The van der Waals surface area contributed by atoms with E-state index in [1.54, 1.807) is 0 Å². The summed E-state index contributed by atoms with van der Waals surface area (Å²) in [6.45, 7) is 3.13. The van der Waals surface area contributed by atoms with Gasteiger partial charge in [-0.1, -0.05) is 6.92 Å². The van der Waals surface area contributed by atoms with Crippen LogP contribution < -0.4 is 0 Å². The van der Waals surface area contributed by atoms with E-state index >= 15 is 0 Å². The van der Waals surface area contributed by atoms with Gasteiger partial charge in [0.05, 0.1) is 34.2 Å². The Hall–Kier alpha value is -1.84. The van der Waals surface area contributed by atoms with Crippen LogP contribution in [0.3, 0.4) is 0 Å². The van der Waals surface area contributed by atoms with Crippen LogP contribution in [0.2, 0.25) is 0 Å². The first kappa shape index (κ1) is 19.9. The van der Waals surface area contributed by atoms with E-state index in [0.717, 1.165) is 0 Å². The summed E-state index contributed by atoms with van der Waals surface area (Å²) < 4.78 is 23.0. The molecule has 1 spiro atoms. The molecule has 0 radical (unpaired) electrons. The fourth-order valence-corrected chi connectivity index (χ4v) is 5.67. The van der Waals surface area contributed by atoms with Crippen molar-refractivity contribution in [3.63, 3.8) is 0 Å². The molecule has 3 heterocycles. The number of hydrogen-bond acceptors (Lipinski definition) is 6. The van der Waals surface area contributed by atoms with Crippen LogP contribution in [0.25, 0.3) is 0 Å². The fourth-order valence-electron chi connectivity index (χ4n) is 3.49. The first-order valence-corrected chi connectivity index (χ1v) is 11.0. The van der Waals surface area contributed by atoms with Gasteiger partial charge in [0.15, 0.2) is 0 Å². The number of aliphatic hydroxyl groups excluding tert-OH is 1. The second-order valence-corrected chi connectivity index (χ2v) is 9.52. The normalized spacial score (nSPS) is 28.1. The third kappa shape index (κ3) is 4.53. The zero-order valence-corrected chi connectivity index (χ0v) is 16.2. The Bertz CT molecular complexity index is 833. The van der Waals surface area contributed by atoms with Crippen LogP contribution >= 0.6 is 0 Å². The van der Waals surface area contributed by atoms with Crippen molar-refractivity contribution < 1.29 is 23.6 Å². The lowest BCUT2D eigenvalue weighted by molar-refractivity contribution is -0.151. The third-order valence-electron chi connectivity index (χ3n) is 5.13. The van der Waals surface area contributed by atoms with E-state index in [0.29, 0.717) is 44.7 Å². The molecule has 0 unspecified atom stereocenters. The number of morpholine rings is 1. The topological polar surface area (TPSA) is 109 Å². The highest BCUT2D eigenvalue weighted by Gasteiger charge is 2.42. The van der Waals surface area contributed by atoms with Gasteiger partial charge in [0.2, 0.25) is 5.91 Å². The monoisotopic (exact) mass is 395 g/mol. The molecule has 8 nitrogen and oxygen atoms in total. The Morgan fingerprint density at radius 3 is 2.81 bits per heavy atom. The number of hydrogen-bond donors (Lipinski definition) is 1. The number of carbonyl (C=O) groups is 2. The number of nitrogens with zero attached hydrogens (tertiary/aromatic N) is 3. The van der Waals surface area contributed by atoms with Gasteiger partial charge in [0.1, 0.15) is 0 Å². The largest absolute Gasteiger partial charge is 0.390 e. The Morgan fingerprint density at radius 2 is 2.15 bits per heavy atom. The summed E-state index contributed by atoms with van der Waals surface area (Å²) in [5.41, 5.74) is 0.152. The summed E-state index contributed by atoms with van der Waals surface area (Å²) in [6.07, 6.45) is 2.90. The molecule has 2 amide bonds. The minimum atomic E-state index is -2.67. The summed E-state index contributed by atoms with van der Waals surface area (Å²) >= 11 is 0. The molecule has 0 bridgehead atoms. The maximum atomic E-state index is 13.1. The lowest BCUT2D eigenvalue weighted by Crippen LogP contribution is -2.56. The SMILES string of the molecule is CCC(=O)N1CCOC2(CCS(=O)(=NC(=O)c3ccnc(CO)c3)CC2)C1. The second-order valence-electron chi connectivity index (χ2n) is 6.97. The van der Waals surface area contributed by atoms with Crippen LogP contribution in [-0.4, -0.2) is 67.8 Å². The van der Waals surface area contributed by atoms with Crippen LogP contribution in [-0.2, 0) is 25.9 Å². The molecule has 148 valence electrons. The number of carbonyl (C=O) groups excluding carboxylic acids is 2. The number of ether oxygens (including phenoxy) is 1. The van der Waals surface area contributed by atoms with E-state index in [9.17, 15) is 13.8 Å². The smallest absolute Gasteiger partial charge is 0.285 e. The van der Waals surface area contributed by atoms with Gasteiger partial charge in [-0.25, -0.2) is 4.21 Å². The van der Waals surface area contributed by atoms with Gasteiger partial charge in [-0.3, -0.25) is 14.6 Å². The van der Waals surface area contributed by atoms with E-state index in [-0.39, 0.29) is 29.6 Å². The lowest BCUT2D eigenvalue weighted by atomic mass is 9.94. The molecule has 1 aromatic rings. The number of rotatable bonds is 3. The van der Waals surface area contributed by atoms with E-state index in [1.165, 1.54) is 18.3 Å². The molecule has 0 aliphatic carbocycles. The molecule has 2 saturated heterocycles. The first-order chi connectivity index (χ1) is 12.9. The summed E-state index contributed by atoms with van der Waals surface area (Å²) in [6, 6.07) is 2.95. The maximum Gasteiger partial charge on any atom is 0.285 e. The highest BCUT2D eigenvalue weighted by atomic mass is 32.2. The second kappa shape index (κ2) is 8.04. The van der Waals surface area contributed by atoms with Crippen LogP contribution in [0.1, 0.15) is 42.2 Å². The number of aliphatic hydroxyl groups is 1. The molecule has 9 heteroatoms. The Balaban J connectivity index is 1.71. The number of amides is 2. The average molecular weight is 395 g/mol. The first-order valence-electron chi connectivity index (χ1n) is 9.13. The lowest BCUT2D eigenvalue weighted by Gasteiger charge is -2.45. The molecule has 1 aromatic heterocycles. The highest BCUT2D eigenvalue weighted by molar-refractivity contribution is 7.93. The molecule has 1 N–H and O–H groups in total. The minimum Gasteiger partial charge on any atom is -0.390 e. The maximum absolute atomic E-state index is 13.1. The summed E-state index contributed by atoms with van der Waals surface area (Å²) in [7, 11) is -2.67. The summed E-state index contributed by atoms with van der Waals surface area (Å²) in [5, 5.41) is 9.13. The van der Waals surface area contributed by atoms with Gasteiger partial charge < -0.3 is 14.7 Å². The van der Waals surface area contributed by atoms with E-state index in [2.05, 4.69) is 9.35 Å². The summed E-state index contributed by atoms with van der Waals surface area (Å²) in [5.74, 6) is 0.0805. The van der Waals surface area contributed by atoms with Gasteiger partial charge in [-0.05, 0) is 25.0 Å². The molecule has 2 fully saturated rings. The Kier molecular flexibility index (Phi) is 5.92. The van der Waals surface area contributed by atoms with Crippen molar-refractivity contribution in [2.45, 2.75) is 38.4 Å². The number of pyridine rings is 1. The minimum absolute atomic E-state index is 0.0984. The van der Waals surface area contributed by atoms with E-state index < -0.39 is 21.2 Å². The van der Waals surface area contributed by atoms with Crippen LogP contribution in [0.15, 0.2) is 22.7 Å². The van der Waals surface area contributed by atoms with Crippen molar-refractivity contribution in [1.29, 1.82) is 0 Å². The fraction of sp³-hybridized carbons (Fsp3) is 0.611. The quantitative estimate of drug-likeness (QED) is 0.817. The van der Waals surface area contributed by atoms with Gasteiger partial charge in [0, 0.05) is 42.8 Å². The summed E-state index contributed by atoms with van der Waals surface area (Å²) in [4.78, 5) is 30.1. The van der Waals surface area contributed by atoms with Crippen molar-refractivity contribution in [1.82, 2.24) is 9.88 Å². The molecule has 3 rings (SSSR count). The van der Waals surface area contributed by atoms with Crippen LogP contribution in [0, 0.1) is 0 Å². The molecule has 0 aromatic carbocycles. The predicted octanol–water partition coefficient (Wildman–Crippen LogP) is 0.983. The molecular formula is C18H25N3O5S. The number of aromatic nitrogens is 1. The van der Waals surface area contributed by atoms with Crippen molar-refractivity contribution in [3.05, 3.63) is 29.6 Å². The van der Waals surface area contributed by atoms with Crippen molar-refractivity contribution in [3.8, 4) is 0 Å². The highest BCUT2D eigenvalue weighted by Crippen LogP contribution is 2.32. The molecule has 27 heavy (non-hydrogen) atoms. The molecule has 0 atom stereocenters.